The second kappa shape index (κ2) is 4.10. The molecule has 0 aliphatic heterocycles. The molecule has 0 spiro atoms. The van der Waals surface area contributed by atoms with Crippen molar-refractivity contribution in [3.8, 4) is 0 Å². The topological polar surface area (TPSA) is 26.3 Å². The van der Waals surface area contributed by atoms with Crippen LogP contribution in [0.3, 0.4) is 0 Å². The van der Waals surface area contributed by atoms with Crippen molar-refractivity contribution in [2.45, 2.75) is 26.7 Å². The van der Waals surface area contributed by atoms with Crippen LogP contribution in [0, 0.1) is 6.61 Å². The minimum atomic E-state index is -0.209. The highest BCUT2D eigenvalue weighted by atomic mass is 16.5. The predicted octanol–water partition coefficient (Wildman–Crippen LogP) is 2.38. The second-order valence-corrected chi connectivity index (χ2v) is 2.74. The number of rotatable bonds is 2. The number of hydrogen-bond donors (Lipinski definition) is 0. The van der Waals surface area contributed by atoms with E-state index in [9.17, 15) is 4.79 Å². The van der Waals surface area contributed by atoms with E-state index in [1.54, 1.807) is 6.92 Å². The molecule has 2 nitrogen and oxygen atoms in total. The molecular formula is C10H13O2. The molecule has 0 saturated heterocycles. The molecule has 1 radical (unpaired) electrons. The normalized spacial score (nSPS) is 16.5. The van der Waals surface area contributed by atoms with Gasteiger partial charge in [-0.05, 0) is 32.3 Å². The third kappa shape index (κ3) is 1.97. The van der Waals surface area contributed by atoms with E-state index < -0.39 is 0 Å². The smallest absolute Gasteiger partial charge is 0.334 e. The van der Waals surface area contributed by atoms with Crippen LogP contribution < -0.4 is 0 Å². The standard InChI is InChI=1S/C10H13O2/c1-3-12-10(11)9-7-5-4-6-8(9)2/h3-4,6H,5,7H2,1-2H3. The summed E-state index contributed by atoms with van der Waals surface area (Å²) in [6.45, 7) is 5.05. The van der Waals surface area contributed by atoms with Crippen molar-refractivity contribution < 1.29 is 9.53 Å². The van der Waals surface area contributed by atoms with Gasteiger partial charge in [-0.1, -0.05) is 12.2 Å². The lowest BCUT2D eigenvalue weighted by atomic mass is 9.99. The fourth-order valence-electron chi connectivity index (χ4n) is 1.23. The van der Waals surface area contributed by atoms with Gasteiger partial charge in [-0.25, -0.2) is 4.79 Å². The molecule has 0 bridgehead atoms. The number of hydrogen-bond acceptors (Lipinski definition) is 2. The first kappa shape index (κ1) is 9.04. The molecule has 0 aromatic heterocycles. The van der Waals surface area contributed by atoms with E-state index in [1.165, 1.54) is 6.61 Å². The molecule has 0 unspecified atom stereocenters. The zero-order valence-corrected chi connectivity index (χ0v) is 7.46. The van der Waals surface area contributed by atoms with Gasteiger partial charge in [0.1, 0.15) is 6.61 Å². The Balaban J connectivity index is 2.71. The Morgan fingerprint density at radius 3 is 3.00 bits per heavy atom. The highest BCUT2D eigenvalue weighted by Crippen LogP contribution is 2.19. The quantitative estimate of drug-likeness (QED) is 0.587. The monoisotopic (exact) mass is 165 g/mol. The fourth-order valence-corrected chi connectivity index (χ4v) is 1.23. The molecule has 2 heteroatoms. The minimum absolute atomic E-state index is 0.209. The number of allylic oxidation sites excluding steroid dienone is 3. The second-order valence-electron chi connectivity index (χ2n) is 2.74. The predicted molar refractivity (Wildman–Crippen MR) is 47.1 cm³/mol. The third-order valence-corrected chi connectivity index (χ3v) is 1.88. The molecule has 1 aliphatic carbocycles. The number of esters is 1. The van der Waals surface area contributed by atoms with Crippen LogP contribution in [-0.4, -0.2) is 5.97 Å². The molecule has 0 aromatic rings. The molecule has 1 aliphatic rings. The summed E-state index contributed by atoms with van der Waals surface area (Å²) >= 11 is 0. The van der Waals surface area contributed by atoms with Gasteiger partial charge in [0.25, 0.3) is 0 Å². The lowest BCUT2D eigenvalue weighted by molar-refractivity contribution is -0.135. The van der Waals surface area contributed by atoms with Crippen molar-refractivity contribution >= 4 is 5.97 Å². The molecule has 1 rings (SSSR count). The lowest BCUT2D eigenvalue weighted by Gasteiger charge is -2.10. The summed E-state index contributed by atoms with van der Waals surface area (Å²) in [5.41, 5.74) is 1.82. The largest absolute Gasteiger partial charge is 0.455 e. The summed E-state index contributed by atoms with van der Waals surface area (Å²) in [7, 11) is 0. The van der Waals surface area contributed by atoms with Gasteiger partial charge >= 0.3 is 5.97 Å². The van der Waals surface area contributed by atoms with Gasteiger partial charge in [-0.15, -0.1) is 0 Å². The Labute approximate surface area is 72.9 Å². The zero-order valence-electron chi connectivity index (χ0n) is 7.46. The van der Waals surface area contributed by atoms with Crippen molar-refractivity contribution in [1.82, 2.24) is 0 Å². The molecule has 0 amide bonds. The average molecular weight is 165 g/mol. The minimum Gasteiger partial charge on any atom is -0.455 e. The first-order valence-electron chi connectivity index (χ1n) is 4.11. The summed E-state index contributed by atoms with van der Waals surface area (Å²) in [5.74, 6) is -0.209. The van der Waals surface area contributed by atoms with E-state index in [2.05, 4.69) is 6.08 Å². The first-order valence-corrected chi connectivity index (χ1v) is 4.11. The van der Waals surface area contributed by atoms with Gasteiger partial charge in [0.15, 0.2) is 0 Å². The molecule has 0 N–H and O–H groups in total. The highest BCUT2D eigenvalue weighted by molar-refractivity contribution is 5.90. The maximum atomic E-state index is 11.3. The number of carbonyl (C=O) groups excluding carboxylic acids is 1. The maximum absolute atomic E-state index is 11.3. The van der Waals surface area contributed by atoms with E-state index in [1.807, 2.05) is 13.0 Å². The van der Waals surface area contributed by atoms with Crippen LogP contribution in [0.5, 0.6) is 0 Å². The Hall–Kier alpha value is -1.05. The van der Waals surface area contributed by atoms with Crippen molar-refractivity contribution in [3.63, 3.8) is 0 Å². The van der Waals surface area contributed by atoms with Gasteiger partial charge in [-0.2, -0.15) is 0 Å². The van der Waals surface area contributed by atoms with Crippen LogP contribution in [-0.2, 0) is 9.53 Å². The van der Waals surface area contributed by atoms with Crippen LogP contribution in [0.15, 0.2) is 23.3 Å². The highest BCUT2D eigenvalue weighted by Gasteiger charge is 2.14. The summed E-state index contributed by atoms with van der Waals surface area (Å²) in [5, 5.41) is 0. The molecule has 12 heavy (non-hydrogen) atoms. The van der Waals surface area contributed by atoms with Gasteiger partial charge in [0.2, 0.25) is 0 Å². The molecular weight excluding hydrogens is 152 g/mol. The summed E-state index contributed by atoms with van der Waals surface area (Å²) < 4.78 is 4.80. The van der Waals surface area contributed by atoms with Crippen molar-refractivity contribution in [2.75, 3.05) is 0 Å². The Bertz CT molecular complexity index is 236. The third-order valence-electron chi connectivity index (χ3n) is 1.88. The number of ether oxygens (including phenoxy) is 1. The van der Waals surface area contributed by atoms with Crippen molar-refractivity contribution in [2.24, 2.45) is 0 Å². The zero-order chi connectivity index (χ0) is 8.97. The van der Waals surface area contributed by atoms with Gasteiger partial charge < -0.3 is 4.74 Å². The van der Waals surface area contributed by atoms with Crippen LogP contribution in [0.1, 0.15) is 26.7 Å². The lowest BCUT2D eigenvalue weighted by Crippen LogP contribution is -2.08. The van der Waals surface area contributed by atoms with E-state index in [0.717, 1.165) is 24.0 Å². The van der Waals surface area contributed by atoms with Crippen LogP contribution >= 0.6 is 0 Å². The number of carbonyl (C=O) groups is 1. The van der Waals surface area contributed by atoms with E-state index in [-0.39, 0.29) is 5.97 Å². The SMILES string of the molecule is C[CH]OC(=O)C1=C(C)C=CCC1. The Morgan fingerprint density at radius 2 is 2.42 bits per heavy atom. The van der Waals surface area contributed by atoms with Crippen LogP contribution in [0.25, 0.3) is 0 Å². The Kier molecular flexibility index (Phi) is 3.09. The fraction of sp³-hybridized carbons (Fsp3) is 0.400. The van der Waals surface area contributed by atoms with Crippen molar-refractivity contribution in [1.29, 1.82) is 0 Å². The molecule has 65 valence electrons. The molecule has 0 fully saturated rings. The van der Waals surface area contributed by atoms with E-state index in [0.29, 0.717) is 0 Å². The van der Waals surface area contributed by atoms with Gasteiger partial charge in [0, 0.05) is 5.57 Å². The van der Waals surface area contributed by atoms with Crippen LogP contribution in [0.2, 0.25) is 0 Å². The summed E-state index contributed by atoms with van der Waals surface area (Å²) in [4.78, 5) is 11.3. The molecule has 0 atom stereocenters. The average Bonchev–Trinajstić information content (AvgIpc) is 2.05. The summed E-state index contributed by atoms with van der Waals surface area (Å²) in [6, 6.07) is 0. The summed E-state index contributed by atoms with van der Waals surface area (Å²) in [6.07, 6.45) is 5.78. The first-order chi connectivity index (χ1) is 5.75. The Morgan fingerprint density at radius 1 is 1.67 bits per heavy atom. The maximum Gasteiger partial charge on any atom is 0.334 e. The molecule has 0 heterocycles. The van der Waals surface area contributed by atoms with E-state index >= 15 is 0 Å². The van der Waals surface area contributed by atoms with Gasteiger partial charge in [0.05, 0.1) is 0 Å². The molecule has 0 aromatic carbocycles. The van der Waals surface area contributed by atoms with Gasteiger partial charge in [-0.3, -0.25) is 0 Å². The van der Waals surface area contributed by atoms with Crippen LogP contribution in [0.4, 0.5) is 0 Å². The van der Waals surface area contributed by atoms with Crippen molar-refractivity contribution in [3.05, 3.63) is 29.9 Å². The van der Waals surface area contributed by atoms with E-state index in [4.69, 9.17) is 4.74 Å². The molecule has 0 saturated carbocycles.